The molecule has 0 aliphatic heterocycles. The number of hydrogen-bond donors (Lipinski definition) is 1. The molecular formula is C12H15BrF2N2O. The van der Waals surface area contributed by atoms with Gasteiger partial charge in [-0.25, -0.2) is 8.78 Å². The largest absolute Gasteiger partial charge is 0.351 e. The van der Waals surface area contributed by atoms with Crippen molar-refractivity contribution >= 4 is 21.8 Å². The van der Waals surface area contributed by atoms with Crippen LogP contribution < -0.4 is 5.32 Å². The molecule has 0 atom stereocenters. The average Bonchev–Trinajstić information content (AvgIpc) is 2.27. The Morgan fingerprint density at radius 3 is 2.44 bits per heavy atom. The second-order valence-corrected chi connectivity index (χ2v) is 4.81. The first-order valence-electron chi connectivity index (χ1n) is 5.57. The number of benzene rings is 1. The van der Waals surface area contributed by atoms with Gasteiger partial charge in [0.25, 0.3) is 5.91 Å². The van der Waals surface area contributed by atoms with E-state index in [0.717, 1.165) is 18.7 Å². The van der Waals surface area contributed by atoms with E-state index in [1.807, 2.05) is 18.9 Å². The van der Waals surface area contributed by atoms with Crippen LogP contribution in [0.3, 0.4) is 0 Å². The van der Waals surface area contributed by atoms with E-state index < -0.39 is 23.1 Å². The molecule has 1 rings (SSSR count). The van der Waals surface area contributed by atoms with Gasteiger partial charge in [-0.1, -0.05) is 22.9 Å². The monoisotopic (exact) mass is 320 g/mol. The van der Waals surface area contributed by atoms with E-state index in [1.54, 1.807) is 0 Å². The molecule has 0 saturated carbocycles. The molecule has 100 valence electrons. The van der Waals surface area contributed by atoms with Crippen molar-refractivity contribution in [2.24, 2.45) is 0 Å². The standard InChI is InChI=1S/C12H15BrF2N2O/c1-3-17(2)5-4-16-12(18)11-9(14)6-8(13)7-10(11)15/h6-7H,3-5H2,1-2H3,(H,16,18). The fourth-order valence-corrected chi connectivity index (χ4v) is 1.77. The minimum atomic E-state index is -0.872. The third-order valence-electron chi connectivity index (χ3n) is 2.55. The van der Waals surface area contributed by atoms with Crippen LogP contribution in [0.1, 0.15) is 17.3 Å². The molecule has 0 spiro atoms. The van der Waals surface area contributed by atoms with Gasteiger partial charge in [0.2, 0.25) is 0 Å². The SMILES string of the molecule is CCN(C)CCNC(=O)c1c(F)cc(Br)cc1F. The fraction of sp³-hybridized carbons (Fsp3) is 0.417. The molecule has 0 saturated heterocycles. The van der Waals surface area contributed by atoms with Gasteiger partial charge in [0, 0.05) is 17.6 Å². The summed E-state index contributed by atoms with van der Waals surface area (Å²) in [4.78, 5) is 13.6. The first-order chi connectivity index (χ1) is 8.45. The van der Waals surface area contributed by atoms with Crippen molar-refractivity contribution in [3.63, 3.8) is 0 Å². The molecule has 0 aliphatic rings. The van der Waals surface area contributed by atoms with Gasteiger partial charge in [0.1, 0.15) is 17.2 Å². The van der Waals surface area contributed by atoms with Crippen LogP contribution in [0, 0.1) is 11.6 Å². The molecule has 1 aromatic carbocycles. The normalized spacial score (nSPS) is 10.8. The summed E-state index contributed by atoms with van der Waals surface area (Å²) in [5.74, 6) is -2.48. The minimum absolute atomic E-state index is 0.264. The van der Waals surface area contributed by atoms with E-state index >= 15 is 0 Å². The average molecular weight is 321 g/mol. The Kier molecular flexibility index (Phi) is 5.68. The van der Waals surface area contributed by atoms with Crippen molar-refractivity contribution in [1.82, 2.24) is 10.2 Å². The number of rotatable bonds is 5. The second-order valence-electron chi connectivity index (χ2n) is 3.90. The molecule has 6 heteroatoms. The number of hydrogen-bond acceptors (Lipinski definition) is 2. The fourth-order valence-electron chi connectivity index (χ4n) is 1.37. The Hall–Kier alpha value is -1.01. The molecular weight excluding hydrogens is 306 g/mol. The summed E-state index contributed by atoms with van der Waals surface area (Å²) in [6.07, 6.45) is 0. The van der Waals surface area contributed by atoms with E-state index in [4.69, 9.17) is 0 Å². The summed E-state index contributed by atoms with van der Waals surface area (Å²) >= 11 is 2.96. The number of nitrogens with zero attached hydrogens (tertiary/aromatic N) is 1. The smallest absolute Gasteiger partial charge is 0.257 e. The Labute approximate surface area is 113 Å². The zero-order valence-corrected chi connectivity index (χ0v) is 11.9. The van der Waals surface area contributed by atoms with Gasteiger partial charge in [-0.15, -0.1) is 0 Å². The molecule has 0 aliphatic carbocycles. The molecule has 1 N–H and O–H groups in total. The maximum absolute atomic E-state index is 13.5. The number of carbonyl (C=O) groups is 1. The molecule has 0 radical (unpaired) electrons. The number of carbonyl (C=O) groups excluding carboxylic acids is 1. The van der Waals surface area contributed by atoms with Gasteiger partial charge in [-0.3, -0.25) is 4.79 Å². The van der Waals surface area contributed by atoms with Gasteiger partial charge < -0.3 is 10.2 Å². The number of likely N-dealkylation sites (N-methyl/N-ethyl adjacent to an activating group) is 1. The predicted octanol–water partition coefficient (Wildman–Crippen LogP) is 2.41. The Morgan fingerprint density at radius 2 is 1.94 bits per heavy atom. The molecule has 0 heterocycles. The van der Waals surface area contributed by atoms with Gasteiger partial charge in [0.05, 0.1) is 0 Å². The number of nitrogens with one attached hydrogen (secondary N) is 1. The van der Waals surface area contributed by atoms with Crippen LogP contribution in [-0.2, 0) is 0 Å². The minimum Gasteiger partial charge on any atom is -0.351 e. The van der Waals surface area contributed by atoms with E-state index in [2.05, 4.69) is 21.2 Å². The van der Waals surface area contributed by atoms with Gasteiger partial charge in [-0.05, 0) is 25.7 Å². The van der Waals surface area contributed by atoms with Crippen LogP contribution in [0.5, 0.6) is 0 Å². The summed E-state index contributed by atoms with van der Waals surface area (Å²) in [7, 11) is 1.90. The highest BCUT2D eigenvalue weighted by molar-refractivity contribution is 9.10. The summed E-state index contributed by atoms with van der Waals surface area (Å²) in [6, 6.07) is 2.13. The molecule has 3 nitrogen and oxygen atoms in total. The number of amides is 1. The van der Waals surface area contributed by atoms with Crippen molar-refractivity contribution in [2.75, 3.05) is 26.7 Å². The van der Waals surface area contributed by atoms with Crippen molar-refractivity contribution in [1.29, 1.82) is 0 Å². The number of halogens is 3. The molecule has 0 fully saturated rings. The zero-order chi connectivity index (χ0) is 13.7. The highest BCUT2D eigenvalue weighted by Crippen LogP contribution is 2.19. The van der Waals surface area contributed by atoms with Crippen molar-refractivity contribution in [3.05, 3.63) is 33.8 Å². The van der Waals surface area contributed by atoms with Crippen molar-refractivity contribution in [3.8, 4) is 0 Å². The Morgan fingerprint density at radius 1 is 1.39 bits per heavy atom. The van der Waals surface area contributed by atoms with Crippen LogP contribution in [0.25, 0.3) is 0 Å². The Bertz CT molecular complexity index is 417. The van der Waals surface area contributed by atoms with E-state index in [-0.39, 0.29) is 4.47 Å². The van der Waals surface area contributed by atoms with Gasteiger partial charge in [-0.2, -0.15) is 0 Å². The van der Waals surface area contributed by atoms with Crippen LogP contribution in [0.2, 0.25) is 0 Å². The molecule has 1 amide bonds. The van der Waals surface area contributed by atoms with Crippen molar-refractivity contribution < 1.29 is 13.6 Å². The van der Waals surface area contributed by atoms with Gasteiger partial charge in [0.15, 0.2) is 0 Å². The quantitative estimate of drug-likeness (QED) is 0.903. The summed E-state index contributed by atoms with van der Waals surface area (Å²) in [5.41, 5.74) is -0.544. The molecule has 0 unspecified atom stereocenters. The molecule has 18 heavy (non-hydrogen) atoms. The van der Waals surface area contributed by atoms with Crippen LogP contribution in [-0.4, -0.2) is 37.5 Å². The highest BCUT2D eigenvalue weighted by atomic mass is 79.9. The summed E-state index contributed by atoms with van der Waals surface area (Å²) in [6.45, 7) is 3.80. The second kappa shape index (κ2) is 6.80. The van der Waals surface area contributed by atoms with Crippen molar-refractivity contribution in [2.45, 2.75) is 6.92 Å². The first kappa shape index (κ1) is 15.0. The lowest BCUT2D eigenvalue weighted by atomic mass is 10.2. The third-order valence-corrected chi connectivity index (χ3v) is 3.01. The maximum Gasteiger partial charge on any atom is 0.257 e. The third kappa shape index (κ3) is 4.03. The lowest BCUT2D eigenvalue weighted by Gasteiger charge is -2.14. The topological polar surface area (TPSA) is 32.3 Å². The predicted molar refractivity (Wildman–Crippen MR) is 69.6 cm³/mol. The lowest BCUT2D eigenvalue weighted by Crippen LogP contribution is -2.33. The molecule has 1 aromatic rings. The van der Waals surface area contributed by atoms with E-state index in [1.165, 1.54) is 0 Å². The van der Waals surface area contributed by atoms with Gasteiger partial charge >= 0.3 is 0 Å². The molecule has 0 bridgehead atoms. The lowest BCUT2D eigenvalue weighted by molar-refractivity contribution is 0.0941. The van der Waals surface area contributed by atoms with Crippen LogP contribution in [0.4, 0.5) is 8.78 Å². The van der Waals surface area contributed by atoms with Crippen LogP contribution in [0.15, 0.2) is 16.6 Å². The molecule has 0 aromatic heterocycles. The van der Waals surface area contributed by atoms with Crippen LogP contribution >= 0.6 is 15.9 Å². The van der Waals surface area contributed by atoms with E-state index in [9.17, 15) is 13.6 Å². The summed E-state index contributed by atoms with van der Waals surface area (Å²) < 4.78 is 27.2. The Balaban J connectivity index is 2.67. The first-order valence-corrected chi connectivity index (χ1v) is 6.36. The summed E-state index contributed by atoms with van der Waals surface area (Å²) in [5, 5.41) is 2.49. The van der Waals surface area contributed by atoms with E-state index in [0.29, 0.717) is 13.1 Å². The zero-order valence-electron chi connectivity index (χ0n) is 10.3. The highest BCUT2D eigenvalue weighted by Gasteiger charge is 2.17. The maximum atomic E-state index is 13.5.